The molecule has 3 N–H and O–H groups in total. The Balaban J connectivity index is 1.72. The molecule has 2 aromatic rings. The first-order chi connectivity index (χ1) is 13.1. The predicted molar refractivity (Wildman–Crippen MR) is 108 cm³/mol. The highest BCUT2D eigenvalue weighted by Gasteiger charge is 2.30. The maximum Gasteiger partial charge on any atom is 0.337 e. The standard InChI is InChI=1S/C20H21BrN4O2/c1-12-19-16-7-6-14(21)11-17(16)18(8-9-25(19)24-23-12)22-15-5-3-4-13(10-15)20(26)27-2/h3-7,10-11,18,22-24H,8-9H2,1-2H3. The third-order valence-corrected chi connectivity index (χ3v) is 5.41. The molecule has 0 aromatic heterocycles. The van der Waals surface area contributed by atoms with Gasteiger partial charge < -0.3 is 15.5 Å². The van der Waals surface area contributed by atoms with E-state index >= 15 is 0 Å². The normalized spacial score (nSPS) is 18.3. The molecule has 0 spiro atoms. The van der Waals surface area contributed by atoms with Crippen molar-refractivity contribution < 1.29 is 9.53 Å². The van der Waals surface area contributed by atoms with Crippen molar-refractivity contribution in [2.45, 2.75) is 19.4 Å². The summed E-state index contributed by atoms with van der Waals surface area (Å²) in [6, 6.07) is 13.9. The molecule has 7 heteroatoms. The summed E-state index contributed by atoms with van der Waals surface area (Å²) in [7, 11) is 1.39. The smallest absolute Gasteiger partial charge is 0.337 e. The third-order valence-electron chi connectivity index (χ3n) is 4.91. The molecule has 6 nitrogen and oxygen atoms in total. The molecule has 0 fully saturated rings. The number of fused-ring (bicyclic) bond motifs is 3. The van der Waals surface area contributed by atoms with E-state index in [1.165, 1.54) is 23.9 Å². The lowest BCUT2D eigenvalue weighted by molar-refractivity contribution is 0.0601. The topological polar surface area (TPSA) is 65.6 Å². The Bertz CT molecular complexity index is 928. The fraction of sp³-hybridized carbons (Fsp3) is 0.250. The van der Waals surface area contributed by atoms with E-state index < -0.39 is 0 Å². The largest absolute Gasteiger partial charge is 0.465 e. The summed E-state index contributed by atoms with van der Waals surface area (Å²) in [6.07, 6.45) is 0.900. The van der Waals surface area contributed by atoms with E-state index in [0.29, 0.717) is 5.56 Å². The molecule has 140 valence electrons. The van der Waals surface area contributed by atoms with Crippen molar-refractivity contribution in [1.82, 2.24) is 16.0 Å². The van der Waals surface area contributed by atoms with E-state index in [0.717, 1.165) is 28.8 Å². The molecule has 2 aliphatic rings. The van der Waals surface area contributed by atoms with Crippen molar-refractivity contribution in [3.8, 4) is 0 Å². The van der Waals surface area contributed by atoms with Gasteiger partial charge >= 0.3 is 5.97 Å². The minimum absolute atomic E-state index is 0.109. The minimum Gasteiger partial charge on any atom is -0.465 e. The first-order valence-corrected chi connectivity index (χ1v) is 9.61. The van der Waals surface area contributed by atoms with Crippen LogP contribution in [0.1, 0.15) is 40.9 Å². The molecule has 1 atom stereocenters. The number of ether oxygens (including phenoxy) is 1. The summed E-state index contributed by atoms with van der Waals surface area (Å²) < 4.78 is 5.88. The second-order valence-corrected chi connectivity index (χ2v) is 7.57. The van der Waals surface area contributed by atoms with Crippen LogP contribution in [0.4, 0.5) is 5.69 Å². The highest BCUT2D eigenvalue weighted by molar-refractivity contribution is 9.10. The number of nitrogens with zero attached hydrogens (tertiary/aromatic N) is 1. The number of hydrazine groups is 2. The summed E-state index contributed by atoms with van der Waals surface area (Å²) in [5.74, 6) is -0.334. The lowest BCUT2D eigenvalue weighted by Crippen LogP contribution is -2.37. The van der Waals surface area contributed by atoms with E-state index in [1.807, 2.05) is 18.2 Å². The van der Waals surface area contributed by atoms with Gasteiger partial charge in [0.2, 0.25) is 0 Å². The van der Waals surface area contributed by atoms with E-state index in [9.17, 15) is 4.79 Å². The Morgan fingerprint density at radius 3 is 2.96 bits per heavy atom. The van der Waals surface area contributed by atoms with Gasteiger partial charge in [-0.2, -0.15) is 0 Å². The predicted octanol–water partition coefficient (Wildman–Crippen LogP) is 3.81. The second-order valence-electron chi connectivity index (χ2n) is 6.65. The van der Waals surface area contributed by atoms with E-state index in [-0.39, 0.29) is 12.0 Å². The van der Waals surface area contributed by atoms with Gasteiger partial charge in [-0.05, 0) is 49.2 Å². The van der Waals surface area contributed by atoms with Crippen molar-refractivity contribution >= 4 is 33.3 Å². The van der Waals surface area contributed by atoms with Crippen molar-refractivity contribution in [3.05, 3.63) is 69.3 Å². The number of rotatable bonds is 3. The first kappa shape index (κ1) is 17.9. The number of anilines is 1. The zero-order valence-electron chi connectivity index (χ0n) is 15.2. The van der Waals surface area contributed by atoms with Crippen LogP contribution in [-0.4, -0.2) is 24.6 Å². The van der Waals surface area contributed by atoms with Gasteiger partial charge in [-0.25, -0.2) is 4.79 Å². The molecule has 2 aliphatic heterocycles. The van der Waals surface area contributed by atoms with Crippen molar-refractivity contribution in [2.24, 2.45) is 0 Å². The molecule has 0 bridgehead atoms. The molecule has 1 unspecified atom stereocenters. The number of nitrogens with one attached hydrogen (secondary N) is 3. The zero-order valence-corrected chi connectivity index (χ0v) is 16.8. The van der Waals surface area contributed by atoms with Gasteiger partial charge in [-0.1, -0.05) is 28.1 Å². The Morgan fingerprint density at radius 2 is 2.15 bits per heavy atom. The van der Waals surface area contributed by atoms with Crippen LogP contribution >= 0.6 is 15.9 Å². The van der Waals surface area contributed by atoms with E-state index in [2.05, 4.69) is 62.3 Å². The van der Waals surface area contributed by atoms with Gasteiger partial charge in [-0.3, -0.25) is 5.01 Å². The van der Waals surface area contributed by atoms with Crippen LogP contribution < -0.4 is 16.3 Å². The number of allylic oxidation sites excluding steroid dienone is 1. The molecular weight excluding hydrogens is 408 g/mol. The Morgan fingerprint density at radius 1 is 1.30 bits per heavy atom. The monoisotopic (exact) mass is 428 g/mol. The lowest BCUT2D eigenvalue weighted by Gasteiger charge is -2.21. The minimum atomic E-state index is -0.334. The molecule has 4 rings (SSSR count). The lowest BCUT2D eigenvalue weighted by atomic mass is 9.97. The van der Waals surface area contributed by atoms with Gasteiger partial charge in [0, 0.05) is 22.3 Å². The molecule has 0 saturated heterocycles. The van der Waals surface area contributed by atoms with Crippen LogP contribution in [0.3, 0.4) is 0 Å². The molecule has 0 aliphatic carbocycles. The van der Waals surface area contributed by atoms with Crippen LogP contribution in [0.2, 0.25) is 0 Å². The number of esters is 1. The fourth-order valence-electron chi connectivity index (χ4n) is 3.64. The van der Waals surface area contributed by atoms with Gasteiger partial charge in [0.25, 0.3) is 0 Å². The summed E-state index contributed by atoms with van der Waals surface area (Å²) in [6.45, 7) is 2.92. The van der Waals surface area contributed by atoms with Gasteiger partial charge in [-0.15, -0.1) is 5.53 Å². The summed E-state index contributed by atoms with van der Waals surface area (Å²) in [5, 5.41) is 5.75. The van der Waals surface area contributed by atoms with Crippen LogP contribution in [0, 0.1) is 0 Å². The average Bonchev–Trinajstić information content (AvgIpc) is 2.97. The van der Waals surface area contributed by atoms with Crippen LogP contribution in [0.5, 0.6) is 0 Å². The quantitative estimate of drug-likeness (QED) is 0.646. The first-order valence-electron chi connectivity index (χ1n) is 8.81. The number of hydrogen-bond acceptors (Lipinski definition) is 6. The van der Waals surface area contributed by atoms with Crippen molar-refractivity contribution in [3.63, 3.8) is 0 Å². The third kappa shape index (κ3) is 3.40. The molecule has 2 heterocycles. The average molecular weight is 429 g/mol. The van der Waals surface area contributed by atoms with Crippen molar-refractivity contribution in [1.29, 1.82) is 0 Å². The van der Waals surface area contributed by atoms with Crippen LogP contribution in [0.25, 0.3) is 5.70 Å². The number of halogens is 1. The fourth-order valence-corrected chi connectivity index (χ4v) is 4.02. The molecular formula is C20H21BrN4O2. The molecule has 2 aromatic carbocycles. The number of methoxy groups -OCH3 is 1. The Kier molecular flexibility index (Phi) is 4.80. The maximum atomic E-state index is 11.8. The Labute approximate surface area is 166 Å². The molecule has 27 heavy (non-hydrogen) atoms. The Hall–Kier alpha value is -2.51. The van der Waals surface area contributed by atoms with Crippen LogP contribution in [-0.2, 0) is 4.74 Å². The molecule has 0 radical (unpaired) electrons. The summed E-state index contributed by atoms with van der Waals surface area (Å²) >= 11 is 3.61. The maximum absolute atomic E-state index is 11.8. The number of carbonyl (C=O) groups excluding carboxylic acids is 1. The highest BCUT2D eigenvalue weighted by Crippen LogP contribution is 2.38. The van der Waals surface area contributed by atoms with Gasteiger partial charge in [0.05, 0.1) is 30.1 Å². The van der Waals surface area contributed by atoms with Gasteiger partial charge in [0.1, 0.15) is 0 Å². The zero-order chi connectivity index (χ0) is 19.0. The number of hydrogen-bond donors (Lipinski definition) is 3. The second kappa shape index (κ2) is 7.25. The van der Waals surface area contributed by atoms with E-state index in [1.54, 1.807) is 6.07 Å². The van der Waals surface area contributed by atoms with Crippen molar-refractivity contribution in [2.75, 3.05) is 19.0 Å². The van der Waals surface area contributed by atoms with Gasteiger partial charge in [0.15, 0.2) is 0 Å². The summed E-state index contributed by atoms with van der Waals surface area (Å²) in [5.41, 5.74) is 12.5. The highest BCUT2D eigenvalue weighted by atomic mass is 79.9. The summed E-state index contributed by atoms with van der Waals surface area (Å²) in [4.78, 5) is 11.8. The number of benzene rings is 2. The SMILES string of the molecule is COC(=O)c1cccc(NC2CCN3NNC(C)=C3c3ccc(Br)cc32)c1. The molecule has 0 saturated carbocycles. The number of carbonyl (C=O) groups is 1. The van der Waals surface area contributed by atoms with E-state index in [4.69, 9.17) is 4.74 Å². The van der Waals surface area contributed by atoms with Crippen LogP contribution in [0.15, 0.2) is 52.6 Å². The molecule has 0 amide bonds.